The molecule has 2 aromatic carbocycles. The molecule has 8 nitrogen and oxygen atoms in total. The molecule has 3 aliphatic heterocycles. The number of hydrogen-bond donors (Lipinski definition) is 0. The van der Waals surface area contributed by atoms with E-state index in [0.717, 1.165) is 59.8 Å². The molecule has 0 saturated carbocycles. The molecule has 210 valence electrons. The van der Waals surface area contributed by atoms with Crippen LogP contribution in [-0.2, 0) is 13.1 Å². The monoisotopic (exact) mass is 539 g/mol. The Kier molecular flexibility index (Phi) is 7.37. The van der Waals surface area contributed by atoms with E-state index in [1.54, 1.807) is 26.4 Å². The van der Waals surface area contributed by atoms with Crippen LogP contribution in [0.25, 0.3) is 0 Å². The Balaban J connectivity index is 1.43. The predicted molar refractivity (Wildman–Crippen MR) is 146 cm³/mol. The van der Waals surface area contributed by atoms with Crippen molar-refractivity contribution in [3.8, 4) is 23.0 Å². The van der Waals surface area contributed by atoms with E-state index in [1.165, 1.54) is 14.2 Å². The number of hydrogen-bond acceptors (Lipinski definition) is 6. The van der Waals surface area contributed by atoms with E-state index in [-0.39, 0.29) is 29.0 Å². The van der Waals surface area contributed by atoms with Gasteiger partial charge in [0.2, 0.25) is 5.82 Å². The van der Waals surface area contributed by atoms with Crippen LogP contribution < -0.4 is 18.9 Å². The zero-order valence-corrected chi connectivity index (χ0v) is 23.7. The van der Waals surface area contributed by atoms with Gasteiger partial charge in [0, 0.05) is 49.4 Å². The zero-order chi connectivity index (χ0) is 27.9. The fraction of sp³-hybridized carbons (Fsp3) is 0.500. The molecule has 2 amide bonds. The van der Waals surface area contributed by atoms with Crippen molar-refractivity contribution >= 4 is 6.03 Å². The lowest BCUT2D eigenvalue weighted by Crippen LogP contribution is -2.53. The Morgan fingerprint density at radius 3 is 2.15 bits per heavy atom. The van der Waals surface area contributed by atoms with Gasteiger partial charge in [-0.05, 0) is 49.1 Å². The first-order valence-electron chi connectivity index (χ1n) is 13.5. The fourth-order valence-corrected chi connectivity index (χ4v) is 6.62. The molecule has 2 saturated heterocycles. The number of allylic oxidation sites excluding steroid dienone is 1. The summed E-state index contributed by atoms with van der Waals surface area (Å²) < 4.78 is 36.2. The fourth-order valence-electron chi connectivity index (χ4n) is 6.62. The van der Waals surface area contributed by atoms with Crippen molar-refractivity contribution in [1.82, 2.24) is 14.7 Å². The van der Waals surface area contributed by atoms with E-state index in [4.69, 9.17) is 18.9 Å². The lowest BCUT2D eigenvalue weighted by atomic mass is 9.82. The second-order valence-corrected chi connectivity index (χ2v) is 10.5. The van der Waals surface area contributed by atoms with Crippen LogP contribution in [0.15, 0.2) is 36.0 Å². The number of piperidine rings is 1. The standard InChI is InChI=1S/C30H38FN3O5/c1-7-34-29(35)33-18-21-15-22(36-3)16-23(37-4)27(21)19(2)12-26(33)30(34)8-10-32(11-9-30)17-20-13-24(38-5)28(31)25(14-20)39-6/h12-16,19H,7-11,17-18H2,1-6H3/t19-/m0/s1. The molecule has 2 aromatic rings. The third kappa shape index (κ3) is 4.46. The molecule has 3 heterocycles. The third-order valence-corrected chi connectivity index (χ3v) is 8.51. The number of ether oxygens (including phenoxy) is 4. The van der Waals surface area contributed by atoms with E-state index < -0.39 is 5.82 Å². The van der Waals surface area contributed by atoms with E-state index >= 15 is 0 Å². The van der Waals surface area contributed by atoms with Gasteiger partial charge in [-0.3, -0.25) is 9.80 Å². The van der Waals surface area contributed by atoms with Crippen molar-refractivity contribution in [2.75, 3.05) is 48.1 Å². The maximum Gasteiger partial charge on any atom is 0.325 e. The summed E-state index contributed by atoms with van der Waals surface area (Å²) >= 11 is 0. The summed E-state index contributed by atoms with van der Waals surface area (Å²) in [6.45, 7) is 7.59. The summed E-state index contributed by atoms with van der Waals surface area (Å²) in [5, 5.41) is 0. The number of carbonyl (C=O) groups is 1. The molecule has 39 heavy (non-hydrogen) atoms. The van der Waals surface area contributed by atoms with Crippen molar-refractivity contribution in [3.05, 3.63) is 58.5 Å². The third-order valence-electron chi connectivity index (χ3n) is 8.51. The lowest BCUT2D eigenvalue weighted by molar-refractivity contribution is 0.0887. The van der Waals surface area contributed by atoms with Gasteiger partial charge < -0.3 is 23.8 Å². The van der Waals surface area contributed by atoms with Gasteiger partial charge in [-0.25, -0.2) is 4.79 Å². The number of amides is 2. The Bertz CT molecular complexity index is 1260. The molecule has 9 heteroatoms. The Labute approximate surface area is 229 Å². The quantitative estimate of drug-likeness (QED) is 0.485. The highest BCUT2D eigenvalue weighted by Gasteiger charge is 2.54. The van der Waals surface area contributed by atoms with E-state index in [1.807, 2.05) is 17.0 Å². The minimum Gasteiger partial charge on any atom is -0.497 e. The number of methoxy groups -OCH3 is 4. The number of benzene rings is 2. The Morgan fingerprint density at radius 1 is 0.949 bits per heavy atom. The summed E-state index contributed by atoms with van der Waals surface area (Å²) in [6.07, 6.45) is 3.89. The molecular formula is C30H38FN3O5. The number of urea groups is 1. The van der Waals surface area contributed by atoms with Crippen LogP contribution in [-0.4, -0.2) is 74.3 Å². The Hall–Kier alpha value is -3.46. The van der Waals surface area contributed by atoms with Gasteiger partial charge in [-0.15, -0.1) is 0 Å². The second-order valence-electron chi connectivity index (χ2n) is 10.5. The van der Waals surface area contributed by atoms with Crippen molar-refractivity contribution in [2.24, 2.45) is 0 Å². The molecule has 0 bridgehead atoms. The number of likely N-dealkylation sites (tertiary alicyclic amines) is 1. The van der Waals surface area contributed by atoms with Crippen LogP contribution in [0.4, 0.5) is 9.18 Å². The highest BCUT2D eigenvalue weighted by atomic mass is 19.1. The van der Waals surface area contributed by atoms with Gasteiger partial charge in [0.1, 0.15) is 11.5 Å². The number of rotatable bonds is 7. The number of carbonyl (C=O) groups excluding carboxylic acids is 1. The van der Waals surface area contributed by atoms with Crippen LogP contribution in [0, 0.1) is 5.82 Å². The van der Waals surface area contributed by atoms with Gasteiger partial charge in [-0.1, -0.05) is 13.0 Å². The molecular weight excluding hydrogens is 501 g/mol. The molecule has 0 aliphatic carbocycles. The van der Waals surface area contributed by atoms with Crippen LogP contribution in [0.1, 0.15) is 49.3 Å². The first kappa shape index (κ1) is 27.1. The normalized spacial score (nSPS) is 20.3. The number of likely N-dealkylation sites (N-methyl/N-ethyl adjacent to an activating group) is 1. The molecule has 5 rings (SSSR count). The predicted octanol–water partition coefficient (Wildman–Crippen LogP) is 5.15. The molecule has 0 aromatic heterocycles. The first-order chi connectivity index (χ1) is 18.8. The van der Waals surface area contributed by atoms with Gasteiger partial charge in [0.15, 0.2) is 11.5 Å². The maximum absolute atomic E-state index is 14.4. The molecule has 1 atom stereocenters. The molecule has 0 radical (unpaired) electrons. The Morgan fingerprint density at radius 2 is 1.59 bits per heavy atom. The van der Waals surface area contributed by atoms with Crippen LogP contribution >= 0.6 is 0 Å². The van der Waals surface area contributed by atoms with Crippen molar-refractivity contribution in [2.45, 2.75) is 51.2 Å². The second kappa shape index (κ2) is 10.6. The van der Waals surface area contributed by atoms with Gasteiger partial charge >= 0.3 is 6.03 Å². The average Bonchev–Trinajstić information content (AvgIpc) is 3.05. The van der Waals surface area contributed by atoms with Gasteiger partial charge in [-0.2, -0.15) is 4.39 Å². The van der Waals surface area contributed by atoms with Gasteiger partial charge in [0.25, 0.3) is 0 Å². The number of nitrogens with zero attached hydrogens (tertiary/aromatic N) is 3. The molecule has 1 spiro atoms. The summed E-state index contributed by atoms with van der Waals surface area (Å²) in [5.74, 6) is 1.43. The van der Waals surface area contributed by atoms with E-state index in [9.17, 15) is 9.18 Å². The summed E-state index contributed by atoms with van der Waals surface area (Å²) in [5.41, 5.74) is 3.79. The number of halogens is 1. The highest BCUT2D eigenvalue weighted by molar-refractivity contribution is 5.83. The van der Waals surface area contributed by atoms with Crippen LogP contribution in [0.2, 0.25) is 0 Å². The molecule has 2 fully saturated rings. The topological polar surface area (TPSA) is 63.7 Å². The lowest BCUT2D eigenvalue weighted by Gasteiger charge is -2.44. The van der Waals surface area contributed by atoms with Crippen molar-refractivity contribution < 1.29 is 28.1 Å². The molecule has 0 unspecified atom stereocenters. The minimum absolute atomic E-state index is 0.0482. The van der Waals surface area contributed by atoms with Crippen molar-refractivity contribution in [1.29, 1.82) is 0 Å². The van der Waals surface area contributed by atoms with Crippen LogP contribution in [0.5, 0.6) is 23.0 Å². The average molecular weight is 540 g/mol. The van der Waals surface area contributed by atoms with E-state index in [2.05, 4.69) is 29.7 Å². The summed E-state index contributed by atoms with van der Waals surface area (Å²) in [7, 11) is 6.24. The summed E-state index contributed by atoms with van der Waals surface area (Å²) in [4.78, 5) is 20.2. The molecule has 3 aliphatic rings. The summed E-state index contributed by atoms with van der Waals surface area (Å²) in [6, 6.07) is 7.45. The minimum atomic E-state index is -0.492. The van der Waals surface area contributed by atoms with E-state index in [0.29, 0.717) is 19.6 Å². The largest absolute Gasteiger partial charge is 0.497 e. The van der Waals surface area contributed by atoms with Crippen LogP contribution in [0.3, 0.4) is 0 Å². The van der Waals surface area contributed by atoms with Gasteiger partial charge in [0.05, 0.1) is 40.5 Å². The maximum atomic E-state index is 14.4. The first-order valence-corrected chi connectivity index (χ1v) is 13.5. The molecule has 0 N–H and O–H groups in total. The van der Waals surface area contributed by atoms with Crippen molar-refractivity contribution in [3.63, 3.8) is 0 Å². The zero-order valence-electron chi connectivity index (χ0n) is 23.7. The number of fused-ring (bicyclic) bond motifs is 3. The smallest absolute Gasteiger partial charge is 0.325 e. The SMILES string of the molecule is CCN1C(=O)N2Cc3cc(OC)cc(OC)c3[C@@H](C)C=C2C12CCN(Cc1cc(OC)c(F)c(OC)c1)CC2. The highest BCUT2D eigenvalue weighted by Crippen LogP contribution is 2.49.